The quantitative estimate of drug-likeness (QED) is 0.631. The average molecular weight is 368 g/mol. The Hall–Kier alpha value is -1.95. The van der Waals surface area contributed by atoms with E-state index in [9.17, 15) is 0 Å². The highest BCUT2D eigenvalue weighted by molar-refractivity contribution is 7.12. The molecule has 0 unspecified atom stereocenters. The van der Waals surface area contributed by atoms with Gasteiger partial charge in [-0.2, -0.15) is 5.10 Å². The van der Waals surface area contributed by atoms with E-state index in [0.717, 1.165) is 31.8 Å². The van der Waals surface area contributed by atoms with E-state index in [1.165, 1.54) is 27.3 Å². The van der Waals surface area contributed by atoms with Gasteiger partial charge in [-0.05, 0) is 56.6 Å². The van der Waals surface area contributed by atoms with Gasteiger partial charge in [-0.15, -0.1) is 11.3 Å². The second-order valence-corrected chi connectivity index (χ2v) is 8.31. The number of aryl methyl sites for hydroxylation is 1. The highest BCUT2D eigenvalue weighted by Crippen LogP contribution is 2.33. The summed E-state index contributed by atoms with van der Waals surface area (Å²) < 4.78 is 7.75. The van der Waals surface area contributed by atoms with E-state index in [0.29, 0.717) is 6.10 Å². The smallest absolute Gasteiger partial charge is 0.0917 e. The maximum atomic E-state index is 5.79. The Balaban J connectivity index is 1.37. The summed E-state index contributed by atoms with van der Waals surface area (Å²) in [6, 6.07) is 12.9. The molecule has 2 aromatic heterocycles. The molecule has 1 aliphatic rings. The summed E-state index contributed by atoms with van der Waals surface area (Å²) >= 11 is 1.89. The Bertz CT molecular complexity index is 864. The molecule has 0 amide bonds. The molecule has 0 spiro atoms. The molecule has 4 nitrogen and oxygen atoms in total. The molecule has 3 heterocycles. The van der Waals surface area contributed by atoms with Gasteiger partial charge in [-0.25, -0.2) is 4.68 Å². The summed E-state index contributed by atoms with van der Waals surface area (Å²) in [6.07, 6.45) is 6.76. The first-order valence-electron chi connectivity index (χ1n) is 9.17. The van der Waals surface area contributed by atoms with Crippen LogP contribution in [0.15, 0.2) is 48.8 Å². The van der Waals surface area contributed by atoms with Gasteiger partial charge < -0.3 is 4.74 Å². The lowest BCUT2D eigenvalue weighted by molar-refractivity contribution is 0.114. The van der Waals surface area contributed by atoms with Crippen molar-refractivity contribution < 1.29 is 4.74 Å². The fourth-order valence-corrected chi connectivity index (χ4v) is 4.62. The Morgan fingerprint density at radius 2 is 2.19 bits per heavy atom. The fourth-order valence-electron chi connectivity index (χ4n) is 3.44. The Morgan fingerprint density at radius 3 is 3.00 bits per heavy atom. The van der Waals surface area contributed by atoms with Crippen LogP contribution in [0.3, 0.4) is 0 Å². The Labute approximate surface area is 159 Å². The van der Waals surface area contributed by atoms with Gasteiger partial charge in [0.1, 0.15) is 0 Å². The molecular weight excluding hydrogens is 342 g/mol. The van der Waals surface area contributed by atoms with Crippen LogP contribution in [0.1, 0.15) is 39.8 Å². The van der Waals surface area contributed by atoms with Crippen LogP contribution >= 0.6 is 11.3 Å². The van der Waals surface area contributed by atoms with E-state index in [4.69, 9.17) is 4.74 Å². The molecule has 4 rings (SSSR count). The molecule has 0 radical (unpaired) electrons. The average Bonchev–Trinajstić information content (AvgIpc) is 3.36. The van der Waals surface area contributed by atoms with Gasteiger partial charge in [0.15, 0.2) is 0 Å². The van der Waals surface area contributed by atoms with Gasteiger partial charge >= 0.3 is 0 Å². The number of benzene rings is 1. The van der Waals surface area contributed by atoms with Crippen LogP contribution in [-0.2, 0) is 17.8 Å². The lowest BCUT2D eigenvalue weighted by Crippen LogP contribution is -2.16. The van der Waals surface area contributed by atoms with Crippen molar-refractivity contribution in [2.24, 2.45) is 0 Å². The van der Waals surface area contributed by atoms with Gasteiger partial charge in [0, 0.05) is 41.2 Å². The summed E-state index contributed by atoms with van der Waals surface area (Å²) in [6.45, 7) is 4.85. The molecule has 26 heavy (non-hydrogen) atoms. The highest BCUT2D eigenvalue weighted by atomic mass is 32.1. The van der Waals surface area contributed by atoms with Gasteiger partial charge in [0.25, 0.3) is 0 Å². The SMILES string of the molecule is Cc1cccc(-n2cc(CN(C)Cc3ccc([C@H]4CCCO4)s3)cn2)c1. The van der Waals surface area contributed by atoms with Crippen LogP contribution < -0.4 is 0 Å². The monoisotopic (exact) mass is 367 g/mol. The normalized spacial score (nSPS) is 17.3. The lowest BCUT2D eigenvalue weighted by atomic mass is 10.2. The van der Waals surface area contributed by atoms with E-state index >= 15 is 0 Å². The number of thiophene rings is 1. The molecule has 0 saturated carbocycles. The third-order valence-corrected chi connectivity index (χ3v) is 5.87. The number of nitrogens with zero attached hydrogens (tertiary/aromatic N) is 3. The van der Waals surface area contributed by atoms with Crippen LogP contribution in [0, 0.1) is 6.92 Å². The van der Waals surface area contributed by atoms with Gasteiger partial charge in [-0.3, -0.25) is 4.90 Å². The highest BCUT2D eigenvalue weighted by Gasteiger charge is 2.19. The maximum Gasteiger partial charge on any atom is 0.0917 e. The van der Waals surface area contributed by atoms with Gasteiger partial charge in [0.05, 0.1) is 18.0 Å². The van der Waals surface area contributed by atoms with Crippen molar-refractivity contribution in [1.29, 1.82) is 0 Å². The van der Waals surface area contributed by atoms with Crippen molar-refractivity contribution in [3.05, 3.63) is 69.7 Å². The number of aromatic nitrogens is 2. The molecule has 3 aromatic rings. The Kier molecular flexibility index (Phi) is 5.20. The molecule has 1 atom stereocenters. The van der Waals surface area contributed by atoms with Crippen molar-refractivity contribution >= 4 is 11.3 Å². The molecule has 5 heteroatoms. The standard InChI is InChI=1S/C21H25N3OS/c1-16-5-3-6-18(11-16)24-14-17(12-22-24)13-23(2)15-19-8-9-21(26-19)20-7-4-10-25-20/h3,5-6,8-9,11-12,14,20H,4,7,10,13,15H2,1-2H3/t20-/m1/s1. The summed E-state index contributed by atoms with van der Waals surface area (Å²) in [5.74, 6) is 0. The number of hydrogen-bond acceptors (Lipinski definition) is 4. The first kappa shape index (κ1) is 17.5. The first-order valence-corrected chi connectivity index (χ1v) is 9.98. The zero-order valence-corrected chi connectivity index (χ0v) is 16.2. The number of ether oxygens (including phenoxy) is 1. The minimum Gasteiger partial charge on any atom is -0.373 e. The predicted octanol–water partition coefficient (Wildman–Crippen LogP) is 4.73. The van der Waals surface area contributed by atoms with E-state index in [-0.39, 0.29) is 0 Å². The molecule has 0 N–H and O–H groups in total. The van der Waals surface area contributed by atoms with Gasteiger partial charge in [-0.1, -0.05) is 12.1 Å². The zero-order valence-electron chi connectivity index (χ0n) is 15.4. The van der Waals surface area contributed by atoms with Crippen LogP contribution in [0.4, 0.5) is 0 Å². The summed E-state index contributed by atoms with van der Waals surface area (Å²) in [5, 5.41) is 4.52. The number of rotatable bonds is 6. The molecule has 1 aliphatic heterocycles. The van der Waals surface area contributed by atoms with Crippen LogP contribution in [0.2, 0.25) is 0 Å². The lowest BCUT2D eigenvalue weighted by Gasteiger charge is -2.14. The first-order chi connectivity index (χ1) is 12.7. The molecular formula is C21H25N3OS. The molecule has 0 bridgehead atoms. The largest absolute Gasteiger partial charge is 0.373 e. The van der Waals surface area contributed by atoms with Gasteiger partial charge in [0.2, 0.25) is 0 Å². The maximum absolute atomic E-state index is 5.79. The summed E-state index contributed by atoms with van der Waals surface area (Å²) in [5.41, 5.74) is 3.58. The second kappa shape index (κ2) is 7.74. The van der Waals surface area contributed by atoms with E-state index in [1.807, 2.05) is 22.2 Å². The zero-order chi connectivity index (χ0) is 17.9. The third kappa shape index (κ3) is 4.06. The third-order valence-electron chi connectivity index (χ3n) is 4.71. The van der Waals surface area contributed by atoms with Crippen LogP contribution in [0.5, 0.6) is 0 Å². The minimum atomic E-state index is 0.326. The fraction of sp³-hybridized carbons (Fsp3) is 0.381. The van der Waals surface area contributed by atoms with Crippen LogP contribution in [0.25, 0.3) is 5.69 Å². The predicted molar refractivity (Wildman–Crippen MR) is 106 cm³/mol. The molecule has 136 valence electrons. The van der Waals surface area contributed by atoms with E-state index in [2.05, 4.69) is 66.6 Å². The molecule has 1 saturated heterocycles. The van der Waals surface area contributed by atoms with Crippen molar-refractivity contribution in [2.75, 3.05) is 13.7 Å². The topological polar surface area (TPSA) is 30.3 Å². The second-order valence-electron chi connectivity index (χ2n) is 7.11. The molecule has 1 fully saturated rings. The van der Waals surface area contributed by atoms with Crippen LogP contribution in [-0.4, -0.2) is 28.3 Å². The summed E-state index contributed by atoms with van der Waals surface area (Å²) in [7, 11) is 2.16. The Morgan fingerprint density at radius 1 is 1.27 bits per heavy atom. The van der Waals surface area contributed by atoms with E-state index in [1.54, 1.807) is 0 Å². The molecule has 0 aliphatic carbocycles. The molecule has 1 aromatic carbocycles. The number of hydrogen-bond donors (Lipinski definition) is 0. The van der Waals surface area contributed by atoms with Crippen molar-refractivity contribution in [3.63, 3.8) is 0 Å². The summed E-state index contributed by atoms with van der Waals surface area (Å²) in [4.78, 5) is 5.10. The van der Waals surface area contributed by atoms with Crippen molar-refractivity contribution in [1.82, 2.24) is 14.7 Å². The van der Waals surface area contributed by atoms with Crippen molar-refractivity contribution in [2.45, 2.75) is 39.0 Å². The van der Waals surface area contributed by atoms with Crippen molar-refractivity contribution in [3.8, 4) is 5.69 Å². The van der Waals surface area contributed by atoms with E-state index < -0.39 is 0 Å². The minimum absolute atomic E-state index is 0.326.